The highest BCUT2D eigenvalue weighted by Gasteiger charge is 2.26. The lowest BCUT2D eigenvalue weighted by Gasteiger charge is -2.27. The van der Waals surface area contributed by atoms with Crippen molar-refractivity contribution in [1.29, 1.82) is 0 Å². The summed E-state index contributed by atoms with van der Waals surface area (Å²) >= 11 is 5.84. The molecule has 2 unspecified atom stereocenters. The van der Waals surface area contributed by atoms with Crippen molar-refractivity contribution >= 4 is 21.6 Å². The minimum atomic E-state index is -3.69. The highest BCUT2D eigenvalue weighted by Crippen LogP contribution is 2.28. The molecule has 0 saturated heterocycles. The number of hydrogen-bond acceptors (Lipinski definition) is 4. The van der Waals surface area contributed by atoms with Gasteiger partial charge in [-0.1, -0.05) is 24.4 Å². The Kier molecular flexibility index (Phi) is 5.48. The molecule has 1 aromatic carbocycles. The molecule has 0 amide bonds. The quantitative estimate of drug-likeness (QED) is 0.866. The van der Waals surface area contributed by atoms with Gasteiger partial charge in [0.1, 0.15) is 10.6 Å². The van der Waals surface area contributed by atoms with Crippen LogP contribution in [0.1, 0.15) is 25.7 Å². The Morgan fingerprint density at radius 1 is 1.38 bits per heavy atom. The summed E-state index contributed by atoms with van der Waals surface area (Å²) in [6, 6.07) is 4.39. The van der Waals surface area contributed by atoms with E-state index in [4.69, 9.17) is 16.3 Å². The number of hydrogen-bond donors (Lipinski definition) is 2. The van der Waals surface area contributed by atoms with Crippen molar-refractivity contribution in [1.82, 2.24) is 4.72 Å². The molecule has 1 saturated carbocycles. The van der Waals surface area contributed by atoms with Crippen LogP contribution in [-0.4, -0.2) is 33.3 Å². The van der Waals surface area contributed by atoms with Gasteiger partial charge in [-0.05, 0) is 30.9 Å². The van der Waals surface area contributed by atoms with Crippen molar-refractivity contribution < 1.29 is 18.3 Å². The summed E-state index contributed by atoms with van der Waals surface area (Å²) in [6.45, 7) is 0.231. The number of ether oxygens (including phenoxy) is 1. The van der Waals surface area contributed by atoms with Crippen LogP contribution in [0.2, 0.25) is 5.02 Å². The molecule has 1 aliphatic carbocycles. The topological polar surface area (TPSA) is 75.6 Å². The molecule has 0 spiro atoms. The summed E-state index contributed by atoms with van der Waals surface area (Å²) in [4.78, 5) is 0.0553. The zero-order valence-corrected chi connectivity index (χ0v) is 13.5. The van der Waals surface area contributed by atoms with Crippen LogP contribution in [0.3, 0.4) is 0 Å². The van der Waals surface area contributed by atoms with E-state index in [1.54, 1.807) is 0 Å². The first-order valence-corrected chi connectivity index (χ1v) is 8.81. The van der Waals surface area contributed by atoms with E-state index in [-0.39, 0.29) is 23.1 Å². The molecule has 5 nitrogen and oxygen atoms in total. The van der Waals surface area contributed by atoms with E-state index in [2.05, 4.69) is 4.72 Å². The van der Waals surface area contributed by atoms with Crippen molar-refractivity contribution in [2.75, 3.05) is 13.7 Å². The normalized spacial score (nSPS) is 23.0. The summed E-state index contributed by atoms with van der Waals surface area (Å²) in [5.74, 6) is 0.172. The average Bonchev–Trinajstić information content (AvgIpc) is 2.46. The van der Waals surface area contributed by atoms with Gasteiger partial charge in [-0.15, -0.1) is 0 Å². The fourth-order valence-electron chi connectivity index (χ4n) is 2.58. The van der Waals surface area contributed by atoms with E-state index in [9.17, 15) is 13.5 Å². The minimum absolute atomic E-state index is 0.0354. The molecule has 118 valence electrons. The lowest BCUT2D eigenvalue weighted by Crippen LogP contribution is -2.36. The van der Waals surface area contributed by atoms with Crippen LogP contribution in [0.25, 0.3) is 0 Å². The number of rotatable bonds is 5. The standard InChI is InChI=1S/C14H20ClNO4S/c1-20-13-8-11(15)6-7-14(13)21(18,19)16-9-10-4-2-3-5-12(10)17/h6-8,10,12,16-17H,2-5,9H2,1H3. The lowest BCUT2D eigenvalue weighted by atomic mass is 9.87. The molecule has 2 rings (SSSR count). The Labute approximate surface area is 130 Å². The fraction of sp³-hybridized carbons (Fsp3) is 0.571. The fourth-order valence-corrected chi connectivity index (χ4v) is 3.99. The maximum absolute atomic E-state index is 12.4. The average molecular weight is 334 g/mol. The zero-order chi connectivity index (χ0) is 15.5. The van der Waals surface area contributed by atoms with E-state index in [0.29, 0.717) is 5.02 Å². The van der Waals surface area contributed by atoms with Gasteiger partial charge in [0.05, 0.1) is 13.2 Å². The molecule has 0 heterocycles. The summed E-state index contributed by atoms with van der Waals surface area (Å²) in [7, 11) is -2.29. The van der Waals surface area contributed by atoms with E-state index < -0.39 is 16.1 Å². The van der Waals surface area contributed by atoms with Gasteiger partial charge in [-0.2, -0.15) is 0 Å². The maximum atomic E-state index is 12.4. The Morgan fingerprint density at radius 3 is 2.76 bits per heavy atom. The number of halogens is 1. The largest absolute Gasteiger partial charge is 0.495 e. The number of sulfonamides is 1. The molecule has 0 aromatic heterocycles. The maximum Gasteiger partial charge on any atom is 0.244 e. The Morgan fingerprint density at radius 2 is 2.10 bits per heavy atom. The third kappa shape index (κ3) is 4.10. The minimum Gasteiger partial charge on any atom is -0.495 e. The molecule has 1 aromatic rings. The summed E-state index contributed by atoms with van der Waals surface area (Å²) in [5.41, 5.74) is 0. The molecule has 0 radical (unpaired) electrons. The van der Waals surface area contributed by atoms with Crippen LogP contribution in [0.5, 0.6) is 5.75 Å². The summed E-state index contributed by atoms with van der Waals surface area (Å²) in [6.07, 6.45) is 3.15. The van der Waals surface area contributed by atoms with Gasteiger partial charge in [0, 0.05) is 17.6 Å². The first-order valence-electron chi connectivity index (χ1n) is 6.95. The summed E-state index contributed by atoms with van der Waals surface area (Å²) < 4.78 is 32.3. The van der Waals surface area contributed by atoms with Gasteiger partial charge in [-0.25, -0.2) is 13.1 Å². The first kappa shape index (κ1) is 16.5. The molecule has 1 fully saturated rings. The van der Waals surface area contributed by atoms with E-state index in [1.165, 1.54) is 25.3 Å². The van der Waals surface area contributed by atoms with Gasteiger partial charge < -0.3 is 9.84 Å². The number of aliphatic hydroxyl groups excluding tert-OH is 1. The van der Waals surface area contributed by atoms with Gasteiger partial charge >= 0.3 is 0 Å². The SMILES string of the molecule is COc1cc(Cl)ccc1S(=O)(=O)NCC1CCCCC1O. The number of methoxy groups -OCH3 is 1. The molecule has 2 atom stereocenters. The molecular weight excluding hydrogens is 314 g/mol. The van der Waals surface area contributed by atoms with Crippen molar-refractivity contribution in [3.63, 3.8) is 0 Å². The molecular formula is C14H20ClNO4S. The van der Waals surface area contributed by atoms with Crippen LogP contribution < -0.4 is 9.46 Å². The molecule has 0 bridgehead atoms. The summed E-state index contributed by atoms with van der Waals surface area (Å²) in [5, 5.41) is 10.3. The first-order chi connectivity index (χ1) is 9.94. The second-order valence-corrected chi connectivity index (χ2v) is 7.43. The third-order valence-corrected chi connectivity index (χ3v) is 5.52. The van der Waals surface area contributed by atoms with Crippen molar-refractivity contribution in [3.05, 3.63) is 23.2 Å². The van der Waals surface area contributed by atoms with E-state index in [0.717, 1.165) is 25.7 Å². The number of benzene rings is 1. The van der Waals surface area contributed by atoms with Crippen LogP contribution in [0.4, 0.5) is 0 Å². The third-order valence-electron chi connectivity index (χ3n) is 3.82. The molecule has 0 aliphatic heterocycles. The van der Waals surface area contributed by atoms with Gasteiger partial charge in [0.25, 0.3) is 0 Å². The van der Waals surface area contributed by atoms with Gasteiger partial charge in [-0.3, -0.25) is 0 Å². The molecule has 1 aliphatic rings. The number of aliphatic hydroxyl groups is 1. The molecule has 21 heavy (non-hydrogen) atoms. The highest BCUT2D eigenvalue weighted by molar-refractivity contribution is 7.89. The Hall–Kier alpha value is -0.820. The van der Waals surface area contributed by atoms with E-state index in [1.807, 2.05) is 0 Å². The van der Waals surface area contributed by atoms with Crippen LogP contribution in [0, 0.1) is 5.92 Å². The Balaban J connectivity index is 2.11. The lowest BCUT2D eigenvalue weighted by molar-refractivity contribution is 0.0724. The Bertz CT molecular complexity index is 591. The van der Waals surface area contributed by atoms with Crippen LogP contribution in [-0.2, 0) is 10.0 Å². The molecule has 7 heteroatoms. The zero-order valence-electron chi connectivity index (χ0n) is 11.9. The van der Waals surface area contributed by atoms with Crippen molar-refractivity contribution in [2.45, 2.75) is 36.7 Å². The number of nitrogens with one attached hydrogen (secondary N) is 1. The smallest absolute Gasteiger partial charge is 0.244 e. The van der Waals surface area contributed by atoms with E-state index >= 15 is 0 Å². The second kappa shape index (κ2) is 6.96. The van der Waals surface area contributed by atoms with Crippen LogP contribution >= 0.6 is 11.6 Å². The molecule has 2 N–H and O–H groups in total. The van der Waals surface area contributed by atoms with Gasteiger partial charge in [0.2, 0.25) is 10.0 Å². The predicted molar refractivity (Wildman–Crippen MR) is 81.2 cm³/mol. The van der Waals surface area contributed by atoms with Crippen molar-refractivity contribution in [2.24, 2.45) is 5.92 Å². The second-order valence-electron chi connectivity index (χ2n) is 5.26. The predicted octanol–water partition coefficient (Wildman–Crippen LogP) is 2.18. The highest BCUT2D eigenvalue weighted by atomic mass is 35.5. The monoisotopic (exact) mass is 333 g/mol. The van der Waals surface area contributed by atoms with Gasteiger partial charge in [0.15, 0.2) is 0 Å². The van der Waals surface area contributed by atoms with Crippen LogP contribution in [0.15, 0.2) is 23.1 Å². The van der Waals surface area contributed by atoms with Crippen molar-refractivity contribution in [3.8, 4) is 5.75 Å².